The minimum absolute atomic E-state index is 0.425. The van der Waals surface area contributed by atoms with E-state index in [9.17, 15) is 0 Å². The highest BCUT2D eigenvalue weighted by Crippen LogP contribution is 2.23. The maximum absolute atomic E-state index is 5.73. The van der Waals surface area contributed by atoms with Crippen molar-refractivity contribution in [1.29, 1.82) is 0 Å². The second kappa shape index (κ2) is 7.39. The van der Waals surface area contributed by atoms with Crippen molar-refractivity contribution in [2.45, 2.75) is 46.4 Å². The fourth-order valence-corrected chi connectivity index (χ4v) is 3.52. The summed E-state index contributed by atoms with van der Waals surface area (Å²) in [7, 11) is 0. The fourth-order valence-electron chi connectivity index (χ4n) is 2.49. The van der Waals surface area contributed by atoms with Gasteiger partial charge in [0.1, 0.15) is 0 Å². The van der Waals surface area contributed by atoms with Crippen LogP contribution < -0.4 is 5.32 Å². The number of aryl methyl sites for hydroxylation is 1. The average molecular weight is 282 g/mol. The van der Waals surface area contributed by atoms with E-state index >= 15 is 0 Å². The molecular weight excluding hydrogens is 256 g/mol. The molecule has 0 amide bonds. The summed E-state index contributed by atoms with van der Waals surface area (Å²) in [6.07, 6.45) is 1.54. The molecule has 3 nitrogen and oxygen atoms in total. The van der Waals surface area contributed by atoms with Crippen LogP contribution in [0.25, 0.3) is 0 Å². The van der Waals surface area contributed by atoms with Crippen molar-refractivity contribution in [3.63, 3.8) is 0 Å². The van der Waals surface area contributed by atoms with E-state index in [0.29, 0.717) is 6.10 Å². The number of hydrogen-bond donors (Lipinski definition) is 1. The van der Waals surface area contributed by atoms with Crippen LogP contribution in [-0.4, -0.2) is 37.2 Å². The lowest BCUT2D eigenvalue weighted by molar-refractivity contribution is -0.0324. The Labute approximate surface area is 121 Å². The van der Waals surface area contributed by atoms with Crippen LogP contribution in [0.1, 0.15) is 35.6 Å². The van der Waals surface area contributed by atoms with E-state index in [-0.39, 0.29) is 0 Å². The van der Waals surface area contributed by atoms with Gasteiger partial charge in [0, 0.05) is 35.9 Å². The summed E-state index contributed by atoms with van der Waals surface area (Å²) in [5.74, 6) is 0. The molecule has 1 fully saturated rings. The number of ether oxygens (including phenoxy) is 1. The van der Waals surface area contributed by atoms with Crippen LogP contribution in [0.5, 0.6) is 0 Å². The molecule has 1 N–H and O–H groups in total. The molecule has 1 unspecified atom stereocenters. The van der Waals surface area contributed by atoms with Crippen molar-refractivity contribution < 1.29 is 4.74 Å². The molecular formula is C15H26N2OS. The topological polar surface area (TPSA) is 24.5 Å². The zero-order chi connectivity index (χ0) is 13.7. The van der Waals surface area contributed by atoms with E-state index in [0.717, 1.165) is 45.8 Å². The third-order valence-electron chi connectivity index (χ3n) is 3.69. The predicted molar refractivity (Wildman–Crippen MR) is 81.7 cm³/mol. The molecule has 0 bridgehead atoms. The molecule has 1 aliphatic rings. The van der Waals surface area contributed by atoms with Crippen LogP contribution in [-0.2, 0) is 17.8 Å². The Kier molecular flexibility index (Phi) is 5.82. The standard InChI is InChI=1S/C15H26N2OS/c1-4-14-11-17(6-7-18-14)10-13-8-15(9-16-5-2)19-12(13)3/h8,14,16H,4-7,9-11H2,1-3H3. The Morgan fingerprint density at radius 2 is 2.32 bits per heavy atom. The highest BCUT2D eigenvalue weighted by Gasteiger charge is 2.20. The molecule has 0 aliphatic carbocycles. The van der Waals surface area contributed by atoms with Crippen LogP contribution in [0.15, 0.2) is 6.07 Å². The molecule has 1 aromatic heterocycles. The summed E-state index contributed by atoms with van der Waals surface area (Å²) < 4.78 is 5.73. The second-order valence-corrected chi connectivity index (χ2v) is 6.55. The molecule has 0 saturated carbocycles. The molecule has 0 aromatic carbocycles. The smallest absolute Gasteiger partial charge is 0.0700 e. The highest BCUT2D eigenvalue weighted by molar-refractivity contribution is 7.12. The van der Waals surface area contributed by atoms with Gasteiger partial charge < -0.3 is 10.1 Å². The molecule has 2 heterocycles. The van der Waals surface area contributed by atoms with E-state index in [1.165, 1.54) is 15.3 Å². The SMILES string of the molecule is CCNCc1cc(CN2CCOC(CC)C2)c(C)s1. The van der Waals surface area contributed by atoms with Crippen molar-refractivity contribution in [3.8, 4) is 0 Å². The van der Waals surface area contributed by atoms with Gasteiger partial charge in [-0.3, -0.25) is 4.90 Å². The largest absolute Gasteiger partial charge is 0.376 e. The van der Waals surface area contributed by atoms with Crippen LogP contribution >= 0.6 is 11.3 Å². The van der Waals surface area contributed by atoms with E-state index in [4.69, 9.17) is 4.74 Å². The molecule has 1 aromatic rings. The van der Waals surface area contributed by atoms with Gasteiger partial charge in [-0.1, -0.05) is 13.8 Å². The zero-order valence-electron chi connectivity index (χ0n) is 12.4. The molecule has 1 aliphatic heterocycles. The monoisotopic (exact) mass is 282 g/mol. The number of nitrogens with one attached hydrogen (secondary N) is 1. The molecule has 1 atom stereocenters. The van der Waals surface area contributed by atoms with Crippen molar-refractivity contribution in [1.82, 2.24) is 10.2 Å². The molecule has 108 valence electrons. The minimum Gasteiger partial charge on any atom is -0.376 e. The third-order valence-corrected chi connectivity index (χ3v) is 4.79. The number of rotatable bonds is 6. The Morgan fingerprint density at radius 3 is 3.05 bits per heavy atom. The molecule has 19 heavy (non-hydrogen) atoms. The number of hydrogen-bond acceptors (Lipinski definition) is 4. The summed E-state index contributed by atoms with van der Waals surface area (Å²) >= 11 is 1.93. The first-order chi connectivity index (χ1) is 9.22. The minimum atomic E-state index is 0.425. The average Bonchev–Trinajstić information content (AvgIpc) is 2.77. The zero-order valence-corrected chi connectivity index (χ0v) is 13.2. The third kappa shape index (κ3) is 4.28. The lowest BCUT2D eigenvalue weighted by Crippen LogP contribution is -2.41. The summed E-state index contributed by atoms with van der Waals surface area (Å²) in [6.45, 7) is 12.7. The molecule has 0 spiro atoms. The van der Waals surface area contributed by atoms with E-state index < -0.39 is 0 Å². The quantitative estimate of drug-likeness (QED) is 0.868. The van der Waals surface area contributed by atoms with Gasteiger partial charge >= 0.3 is 0 Å². The lowest BCUT2D eigenvalue weighted by atomic mass is 10.2. The van der Waals surface area contributed by atoms with Crippen LogP contribution in [0, 0.1) is 6.92 Å². The maximum atomic E-state index is 5.73. The summed E-state index contributed by atoms with van der Waals surface area (Å²) in [6, 6.07) is 2.37. The number of nitrogens with zero attached hydrogens (tertiary/aromatic N) is 1. The maximum Gasteiger partial charge on any atom is 0.0700 e. The van der Waals surface area contributed by atoms with Gasteiger partial charge in [0.15, 0.2) is 0 Å². The molecule has 4 heteroatoms. The Bertz CT molecular complexity index is 391. The lowest BCUT2D eigenvalue weighted by Gasteiger charge is -2.32. The summed E-state index contributed by atoms with van der Waals surface area (Å²) in [5, 5.41) is 3.40. The molecule has 0 radical (unpaired) electrons. The van der Waals surface area contributed by atoms with Gasteiger partial charge in [0.25, 0.3) is 0 Å². The van der Waals surface area contributed by atoms with Crippen LogP contribution in [0.4, 0.5) is 0 Å². The Hall–Kier alpha value is -0.420. The van der Waals surface area contributed by atoms with Crippen molar-refractivity contribution >= 4 is 11.3 Å². The van der Waals surface area contributed by atoms with Gasteiger partial charge in [0.2, 0.25) is 0 Å². The first-order valence-corrected chi connectivity index (χ1v) is 8.17. The fraction of sp³-hybridized carbons (Fsp3) is 0.733. The normalized spacial score (nSPS) is 20.9. The van der Waals surface area contributed by atoms with Gasteiger partial charge in [-0.2, -0.15) is 0 Å². The highest BCUT2D eigenvalue weighted by atomic mass is 32.1. The first-order valence-electron chi connectivity index (χ1n) is 7.35. The number of thiophene rings is 1. The van der Waals surface area contributed by atoms with Gasteiger partial charge in [-0.05, 0) is 31.5 Å². The summed E-state index contributed by atoms with van der Waals surface area (Å²) in [5.41, 5.74) is 1.50. The van der Waals surface area contributed by atoms with E-state index in [2.05, 4.69) is 37.1 Å². The van der Waals surface area contributed by atoms with Crippen molar-refractivity contribution in [2.24, 2.45) is 0 Å². The molecule has 1 saturated heterocycles. The van der Waals surface area contributed by atoms with Crippen molar-refractivity contribution in [2.75, 3.05) is 26.2 Å². The van der Waals surface area contributed by atoms with E-state index in [1.807, 2.05) is 11.3 Å². The van der Waals surface area contributed by atoms with Gasteiger partial charge in [-0.15, -0.1) is 11.3 Å². The molecule has 2 rings (SSSR count). The number of morpholine rings is 1. The predicted octanol–water partition coefficient (Wildman–Crippen LogP) is 2.78. The first kappa shape index (κ1) is 15.0. The van der Waals surface area contributed by atoms with Gasteiger partial charge in [-0.25, -0.2) is 0 Å². The summed E-state index contributed by atoms with van der Waals surface area (Å²) in [4.78, 5) is 5.45. The second-order valence-electron chi connectivity index (χ2n) is 5.21. The van der Waals surface area contributed by atoms with E-state index in [1.54, 1.807) is 0 Å². The van der Waals surface area contributed by atoms with Crippen LogP contribution in [0.3, 0.4) is 0 Å². The van der Waals surface area contributed by atoms with Gasteiger partial charge in [0.05, 0.1) is 12.7 Å². The Balaban J connectivity index is 1.92. The van der Waals surface area contributed by atoms with Crippen molar-refractivity contribution in [3.05, 3.63) is 21.4 Å². The van der Waals surface area contributed by atoms with Crippen LogP contribution in [0.2, 0.25) is 0 Å². The Morgan fingerprint density at radius 1 is 1.47 bits per heavy atom.